The van der Waals surface area contributed by atoms with Gasteiger partial charge < -0.3 is 5.32 Å². The zero-order valence-electron chi connectivity index (χ0n) is 12.1. The molecule has 2 aromatic heterocycles. The zero-order chi connectivity index (χ0) is 15.4. The van der Waals surface area contributed by atoms with Crippen LogP contribution in [0, 0.1) is 6.92 Å². The van der Waals surface area contributed by atoms with Gasteiger partial charge in [-0.25, -0.2) is 4.68 Å². The van der Waals surface area contributed by atoms with E-state index in [1.54, 1.807) is 29.2 Å². The highest BCUT2D eigenvalue weighted by molar-refractivity contribution is 6.03. The second kappa shape index (κ2) is 6.17. The van der Waals surface area contributed by atoms with Gasteiger partial charge in [-0.05, 0) is 24.6 Å². The summed E-state index contributed by atoms with van der Waals surface area (Å²) in [4.78, 5) is 16.2. The second-order valence-corrected chi connectivity index (χ2v) is 4.86. The molecule has 0 aliphatic carbocycles. The van der Waals surface area contributed by atoms with Crippen molar-refractivity contribution in [1.82, 2.24) is 20.0 Å². The van der Waals surface area contributed by atoms with Gasteiger partial charge in [-0.3, -0.25) is 9.78 Å². The Morgan fingerprint density at radius 2 is 2.00 bits per heavy atom. The number of aromatic nitrogens is 4. The molecule has 2 heterocycles. The Kier molecular flexibility index (Phi) is 3.91. The number of rotatable bonds is 4. The van der Waals surface area contributed by atoms with Crippen LogP contribution in [0.2, 0.25) is 0 Å². The van der Waals surface area contributed by atoms with Gasteiger partial charge in [-0.15, -0.1) is 5.10 Å². The van der Waals surface area contributed by atoms with E-state index in [1.165, 1.54) is 0 Å². The third-order valence-electron chi connectivity index (χ3n) is 3.29. The van der Waals surface area contributed by atoms with E-state index < -0.39 is 0 Å². The van der Waals surface area contributed by atoms with E-state index in [9.17, 15) is 4.79 Å². The summed E-state index contributed by atoms with van der Waals surface area (Å²) in [7, 11) is 0. The predicted octanol–water partition coefficient (Wildman–Crippen LogP) is 2.28. The molecule has 6 heteroatoms. The highest BCUT2D eigenvalue weighted by atomic mass is 16.2. The third-order valence-corrected chi connectivity index (χ3v) is 3.29. The van der Waals surface area contributed by atoms with Gasteiger partial charge in [0.1, 0.15) is 0 Å². The third kappa shape index (κ3) is 3.01. The van der Waals surface area contributed by atoms with E-state index in [0.29, 0.717) is 17.9 Å². The molecule has 0 saturated carbocycles. The van der Waals surface area contributed by atoms with E-state index >= 15 is 0 Å². The van der Waals surface area contributed by atoms with E-state index in [1.807, 2.05) is 37.3 Å². The summed E-state index contributed by atoms with van der Waals surface area (Å²) < 4.78 is 1.72. The monoisotopic (exact) mass is 293 g/mol. The second-order valence-electron chi connectivity index (χ2n) is 4.86. The normalized spacial score (nSPS) is 10.4. The molecule has 0 bridgehead atoms. The van der Waals surface area contributed by atoms with E-state index in [-0.39, 0.29) is 5.91 Å². The number of nitrogens with one attached hydrogen (secondary N) is 1. The minimum Gasteiger partial charge on any atom is -0.319 e. The van der Waals surface area contributed by atoms with Gasteiger partial charge in [-0.1, -0.05) is 35.5 Å². The molecule has 0 aliphatic heterocycles. The van der Waals surface area contributed by atoms with Crippen molar-refractivity contribution >= 4 is 11.6 Å². The van der Waals surface area contributed by atoms with Crippen LogP contribution >= 0.6 is 0 Å². The van der Waals surface area contributed by atoms with Crippen LogP contribution in [0.4, 0.5) is 5.69 Å². The number of amides is 1. The highest BCUT2D eigenvalue weighted by Gasteiger charge is 2.16. The number of pyridine rings is 1. The summed E-state index contributed by atoms with van der Waals surface area (Å²) in [5, 5.41) is 10.8. The maximum absolute atomic E-state index is 12.2. The molecule has 3 aromatic rings. The molecule has 1 amide bonds. The van der Waals surface area contributed by atoms with Crippen molar-refractivity contribution in [3.8, 4) is 0 Å². The summed E-state index contributed by atoms with van der Waals surface area (Å²) in [5.74, 6) is -0.287. The van der Waals surface area contributed by atoms with Gasteiger partial charge in [0.15, 0.2) is 5.69 Å². The number of hydrogen-bond acceptors (Lipinski definition) is 4. The van der Waals surface area contributed by atoms with Crippen molar-refractivity contribution in [3.05, 3.63) is 71.8 Å². The minimum absolute atomic E-state index is 0.287. The number of anilines is 1. The molecule has 6 nitrogen and oxygen atoms in total. The van der Waals surface area contributed by atoms with Crippen molar-refractivity contribution in [1.29, 1.82) is 0 Å². The van der Waals surface area contributed by atoms with Gasteiger partial charge >= 0.3 is 0 Å². The number of carbonyl (C=O) groups excluding carboxylic acids is 1. The lowest BCUT2D eigenvalue weighted by atomic mass is 10.2. The first kappa shape index (κ1) is 13.9. The molecule has 0 aliphatic rings. The number of hydrogen-bond donors (Lipinski definition) is 1. The predicted molar refractivity (Wildman–Crippen MR) is 82.5 cm³/mol. The largest absolute Gasteiger partial charge is 0.319 e. The van der Waals surface area contributed by atoms with Crippen LogP contribution < -0.4 is 5.32 Å². The molecule has 22 heavy (non-hydrogen) atoms. The molecule has 0 atom stereocenters. The standard InChI is InChI=1S/C16H15N5O/c1-12-15(16(22)18-14-8-5-9-17-10-14)19-20-21(12)11-13-6-3-2-4-7-13/h2-10H,11H2,1H3,(H,18,22). The Hall–Kier alpha value is -3.02. The highest BCUT2D eigenvalue weighted by Crippen LogP contribution is 2.10. The topological polar surface area (TPSA) is 72.7 Å². The molecule has 0 fully saturated rings. The van der Waals surface area contributed by atoms with E-state index in [2.05, 4.69) is 20.6 Å². The van der Waals surface area contributed by atoms with E-state index in [4.69, 9.17) is 0 Å². The summed E-state index contributed by atoms with van der Waals surface area (Å²) in [6.45, 7) is 2.42. The average Bonchev–Trinajstić information content (AvgIpc) is 2.90. The molecular formula is C16H15N5O. The fourth-order valence-electron chi connectivity index (χ4n) is 2.10. The minimum atomic E-state index is -0.287. The van der Waals surface area contributed by atoms with Gasteiger partial charge in [0.05, 0.1) is 24.1 Å². The quantitative estimate of drug-likeness (QED) is 0.801. The summed E-state index contributed by atoms with van der Waals surface area (Å²) in [6, 6.07) is 13.5. The molecule has 0 radical (unpaired) electrons. The Morgan fingerprint density at radius 3 is 2.73 bits per heavy atom. The van der Waals surface area contributed by atoms with Crippen LogP contribution in [0.3, 0.4) is 0 Å². The van der Waals surface area contributed by atoms with E-state index in [0.717, 1.165) is 11.3 Å². The Bertz CT molecular complexity index is 768. The van der Waals surface area contributed by atoms with Crippen molar-refractivity contribution in [2.75, 3.05) is 5.32 Å². The van der Waals surface area contributed by atoms with Crippen molar-refractivity contribution in [2.45, 2.75) is 13.5 Å². The molecule has 1 N–H and O–H groups in total. The number of nitrogens with zero attached hydrogens (tertiary/aromatic N) is 4. The number of benzene rings is 1. The maximum atomic E-state index is 12.2. The molecule has 1 aromatic carbocycles. The smallest absolute Gasteiger partial charge is 0.278 e. The van der Waals surface area contributed by atoms with Gasteiger partial charge in [0.2, 0.25) is 0 Å². The van der Waals surface area contributed by atoms with Crippen LogP contribution in [0.5, 0.6) is 0 Å². The number of carbonyl (C=O) groups is 1. The van der Waals surface area contributed by atoms with Gasteiger partial charge in [0, 0.05) is 6.20 Å². The molecule has 0 spiro atoms. The molecular weight excluding hydrogens is 278 g/mol. The first-order valence-corrected chi connectivity index (χ1v) is 6.89. The van der Waals surface area contributed by atoms with Crippen molar-refractivity contribution < 1.29 is 4.79 Å². The lowest BCUT2D eigenvalue weighted by Gasteiger charge is -2.05. The SMILES string of the molecule is Cc1c(C(=O)Nc2cccnc2)nnn1Cc1ccccc1. The first-order chi connectivity index (χ1) is 10.7. The molecule has 0 saturated heterocycles. The summed E-state index contributed by atoms with van der Waals surface area (Å²) >= 11 is 0. The Labute approximate surface area is 127 Å². The fourth-order valence-corrected chi connectivity index (χ4v) is 2.10. The van der Waals surface area contributed by atoms with Crippen LogP contribution in [-0.4, -0.2) is 25.9 Å². The van der Waals surface area contributed by atoms with Crippen LogP contribution in [0.25, 0.3) is 0 Å². The van der Waals surface area contributed by atoms with Crippen LogP contribution in [-0.2, 0) is 6.54 Å². The first-order valence-electron chi connectivity index (χ1n) is 6.89. The lowest BCUT2D eigenvalue weighted by Crippen LogP contribution is -2.14. The molecule has 0 unspecified atom stereocenters. The van der Waals surface area contributed by atoms with Gasteiger partial charge in [0.25, 0.3) is 5.91 Å². The maximum Gasteiger partial charge on any atom is 0.278 e. The fraction of sp³-hybridized carbons (Fsp3) is 0.125. The average molecular weight is 293 g/mol. The Morgan fingerprint density at radius 1 is 1.18 bits per heavy atom. The Balaban J connectivity index is 1.77. The van der Waals surface area contributed by atoms with Crippen molar-refractivity contribution in [2.24, 2.45) is 0 Å². The van der Waals surface area contributed by atoms with Gasteiger partial charge in [-0.2, -0.15) is 0 Å². The molecule has 3 rings (SSSR count). The lowest BCUT2D eigenvalue weighted by molar-refractivity contribution is 0.102. The van der Waals surface area contributed by atoms with Crippen molar-refractivity contribution in [3.63, 3.8) is 0 Å². The summed E-state index contributed by atoms with van der Waals surface area (Å²) in [5.41, 5.74) is 2.78. The van der Waals surface area contributed by atoms with Crippen LogP contribution in [0.1, 0.15) is 21.7 Å². The van der Waals surface area contributed by atoms with Crippen LogP contribution in [0.15, 0.2) is 54.9 Å². The zero-order valence-corrected chi connectivity index (χ0v) is 12.1. The molecule has 110 valence electrons. The summed E-state index contributed by atoms with van der Waals surface area (Å²) in [6.07, 6.45) is 3.23.